The first-order valence-corrected chi connectivity index (χ1v) is 21.5. The number of ether oxygens (including phenoxy) is 2. The second-order valence-corrected chi connectivity index (χ2v) is 16.5. The molecule has 2 aromatic rings. The van der Waals surface area contributed by atoms with Crippen molar-refractivity contribution in [2.75, 3.05) is 6.61 Å². The maximum absolute atomic E-state index is 12.7. The Morgan fingerprint density at radius 1 is 0.529 bits per heavy atom. The smallest absolute Gasteiger partial charge is 0.338 e. The number of hydrogen-bond donors (Lipinski definition) is 0. The van der Waals surface area contributed by atoms with E-state index in [-0.39, 0.29) is 18.5 Å². The summed E-state index contributed by atoms with van der Waals surface area (Å²) in [5.41, 5.74) is 3.61. The van der Waals surface area contributed by atoms with Crippen molar-refractivity contribution in [3.05, 3.63) is 70.8 Å². The Hall–Kier alpha value is -2.62. The molecule has 4 nitrogen and oxygen atoms in total. The van der Waals surface area contributed by atoms with E-state index in [1.165, 1.54) is 152 Å². The van der Waals surface area contributed by atoms with Gasteiger partial charge < -0.3 is 9.47 Å². The number of hydrogen-bond acceptors (Lipinski definition) is 4. The topological polar surface area (TPSA) is 52.6 Å². The Kier molecular flexibility index (Phi) is 19.2. The van der Waals surface area contributed by atoms with Gasteiger partial charge in [-0.15, -0.1) is 0 Å². The van der Waals surface area contributed by atoms with Crippen LogP contribution >= 0.6 is 0 Å². The summed E-state index contributed by atoms with van der Waals surface area (Å²) in [4.78, 5) is 25.4. The maximum atomic E-state index is 12.7. The van der Waals surface area contributed by atoms with Crippen molar-refractivity contribution in [3.8, 4) is 0 Å². The van der Waals surface area contributed by atoms with Crippen LogP contribution in [0.25, 0.3) is 0 Å². The molecule has 284 valence electrons. The van der Waals surface area contributed by atoms with E-state index < -0.39 is 6.10 Å². The molecule has 4 rings (SSSR count). The molecule has 0 spiro atoms. The molecule has 0 heterocycles. The highest BCUT2D eigenvalue weighted by Gasteiger charge is 2.22. The quantitative estimate of drug-likeness (QED) is 0.0855. The Balaban J connectivity index is 1.03. The zero-order valence-electron chi connectivity index (χ0n) is 32.8. The fourth-order valence-corrected chi connectivity index (χ4v) is 8.68. The summed E-state index contributed by atoms with van der Waals surface area (Å²) >= 11 is 0. The SMILES string of the molecule is CCCCC[C@H]1CC[C@H](CCCCc2ccc(C(=O)OC[C@@H](C)OC(=O)c3ccc(CCCC[C@H]4CC[C@H](CCCCC)CC4)cc3)cc2)CC1. The van der Waals surface area contributed by atoms with Gasteiger partial charge in [0.1, 0.15) is 12.7 Å². The molecular formula is C47H72O4. The average molecular weight is 701 g/mol. The lowest BCUT2D eigenvalue weighted by Gasteiger charge is -2.28. The van der Waals surface area contributed by atoms with Crippen molar-refractivity contribution in [1.82, 2.24) is 0 Å². The summed E-state index contributed by atoms with van der Waals surface area (Å²) in [5.74, 6) is 3.07. The molecule has 51 heavy (non-hydrogen) atoms. The summed E-state index contributed by atoms with van der Waals surface area (Å²) in [5, 5.41) is 0. The number of carbonyl (C=O) groups excluding carboxylic acids is 2. The van der Waals surface area contributed by atoms with Gasteiger partial charge in [-0.05, 0) is 91.7 Å². The summed E-state index contributed by atoms with van der Waals surface area (Å²) in [6.07, 6.45) is 32.0. The van der Waals surface area contributed by atoms with Crippen molar-refractivity contribution >= 4 is 11.9 Å². The standard InChI is InChI=1S/C47H72O4/c1-4-6-8-14-38-20-24-40(25-21-38)16-10-12-18-42-28-32-44(33-29-42)46(48)50-36-37(3)51-47(49)45-34-30-43(31-35-45)19-13-11-17-41-26-22-39(23-27-41)15-9-7-5-2/h28-35,37-41H,4-27,36H2,1-3H3/t37-,38-,39-,40-,41-/m1/s1. The summed E-state index contributed by atoms with van der Waals surface area (Å²) in [6, 6.07) is 15.6. The van der Waals surface area contributed by atoms with Crippen LogP contribution in [-0.2, 0) is 22.3 Å². The normalized spacial score (nSPS) is 21.2. The van der Waals surface area contributed by atoms with Gasteiger partial charge in [0.2, 0.25) is 0 Å². The minimum Gasteiger partial charge on any atom is -0.458 e. The Morgan fingerprint density at radius 3 is 1.25 bits per heavy atom. The monoisotopic (exact) mass is 701 g/mol. The second-order valence-electron chi connectivity index (χ2n) is 16.5. The van der Waals surface area contributed by atoms with Crippen molar-refractivity contribution in [2.45, 2.75) is 181 Å². The molecule has 4 heteroatoms. The number of aryl methyl sites for hydroxylation is 2. The Labute approximate surface area is 312 Å². The molecule has 0 bridgehead atoms. The van der Waals surface area contributed by atoms with Gasteiger partial charge in [0, 0.05) is 0 Å². The zero-order chi connectivity index (χ0) is 36.1. The van der Waals surface area contributed by atoms with Gasteiger partial charge in [-0.3, -0.25) is 0 Å². The number of unbranched alkanes of at least 4 members (excludes halogenated alkanes) is 6. The first-order valence-electron chi connectivity index (χ1n) is 21.5. The van der Waals surface area contributed by atoms with E-state index in [2.05, 4.69) is 13.8 Å². The fourth-order valence-electron chi connectivity index (χ4n) is 8.68. The number of rotatable bonds is 23. The van der Waals surface area contributed by atoms with E-state index in [1.807, 2.05) is 48.5 Å². The average Bonchev–Trinajstić information content (AvgIpc) is 3.16. The van der Waals surface area contributed by atoms with Crippen LogP contribution in [0.3, 0.4) is 0 Å². The largest absolute Gasteiger partial charge is 0.458 e. The lowest BCUT2D eigenvalue weighted by atomic mass is 9.78. The predicted octanol–water partition coefficient (Wildman–Crippen LogP) is 13.3. The van der Waals surface area contributed by atoms with E-state index in [0.29, 0.717) is 11.1 Å². The van der Waals surface area contributed by atoms with Crippen LogP contribution < -0.4 is 0 Å². The molecule has 0 aromatic heterocycles. The van der Waals surface area contributed by atoms with Crippen molar-refractivity contribution in [3.63, 3.8) is 0 Å². The molecular weight excluding hydrogens is 629 g/mol. The zero-order valence-corrected chi connectivity index (χ0v) is 32.8. The van der Waals surface area contributed by atoms with Gasteiger partial charge in [-0.2, -0.15) is 0 Å². The van der Waals surface area contributed by atoms with Crippen LogP contribution in [-0.4, -0.2) is 24.6 Å². The third-order valence-corrected chi connectivity index (χ3v) is 12.2. The van der Waals surface area contributed by atoms with Gasteiger partial charge in [-0.1, -0.05) is 167 Å². The first-order chi connectivity index (χ1) is 24.9. The lowest BCUT2D eigenvalue weighted by Crippen LogP contribution is -2.22. The molecule has 2 saturated carbocycles. The molecule has 0 N–H and O–H groups in total. The molecule has 0 radical (unpaired) electrons. The maximum Gasteiger partial charge on any atom is 0.338 e. The van der Waals surface area contributed by atoms with E-state index in [0.717, 1.165) is 36.5 Å². The highest BCUT2D eigenvalue weighted by Crippen LogP contribution is 2.35. The minimum absolute atomic E-state index is 0.0333. The molecule has 0 unspecified atom stereocenters. The molecule has 1 atom stereocenters. The van der Waals surface area contributed by atoms with E-state index in [4.69, 9.17) is 9.47 Å². The molecule has 0 aliphatic heterocycles. The van der Waals surface area contributed by atoms with Crippen LogP contribution in [0.1, 0.15) is 194 Å². The summed E-state index contributed by atoms with van der Waals surface area (Å²) in [7, 11) is 0. The van der Waals surface area contributed by atoms with E-state index in [1.54, 1.807) is 6.92 Å². The van der Waals surface area contributed by atoms with E-state index >= 15 is 0 Å². The van der Waals surface area contributed by atoms with Gasteiger partial charge >= 0.3 is 11.9 Å². The number of carbonyl (C=O) groups is 2. The summed E-state index contributed by atoms with van der Waals surface area (Å²) < 4.78 is 11.1. The second kappa shape index (κ2) is 23.8. The van der Waals surface area contributed by atoms with Gasteiger partial charge in [0.25, 0.3) is 0 Å². The fraction of sp³-hybridized carbons (Fsp3) is 0.702. The highest BCUT2D eigenvalue weighted by molar-refractivity contribution is 5.90. The highest BCUT2D eigenvalue weighted by atomic mass is 16.6. The van der Waals surface area contributed by atoms with Crippen molar-refractivity contribution in [1.29, 1.82) is 0 Å². The summed E-state index contributed by atoms with van der Waals surface area (Å²) in [6.45, 7) is 6.39. The Bertz CT molecular complexity index is 1220. The van der Waals surface area contributed by atoms with Crippen molar-refractivity contribution < 1.29 is 19.1 Å². The van der Waals surface area contributed by atoms with Crippen LogP contribution in [0.2, 0.25) is 0 Å². The number of esters is 2. The third kappa shape index (κ3) is 15.9. The molecule has 0 saturated heterocycles. The van der Waals surface area contributed by atoms with Crippen molar-refractivity contribution in [2.24, 2.45) is 23.7 Å². The van der Waals surface area contributed by atoms with Gasteiger partial charge in [0.15, 0.2) is 0 Å². The molecule has 0 amide bonds. The predicted molar refractivity (Wildman–Crippen MR) is 212 cm³/mol. The van der Waals surface area contributed by atoms with Gasteiger partial charge in [0.05, 0.1) is 11.1 Å². The van der Waals surface area contributed by atoms with Crippen LogP contribution in [0.5, 0.6) is 0 Å². The van der Waals surface area contributed by atoms with E-state index in [9.17, 15) is 9.59 Å². The first kappa shape index (κ1) is 41.1. The number of benzene rings is 2. The third-order valence-electron chi connectivity index (χ3n) is 12.2. The molecule has 2 aliphatic rings. The van der Waals surface area contributed by atoms with Gasteiger partial charge in [-0.25, -0.2) is 9.59 Å². The van der Waals surface area contributed by atoms with Crippen LogP contribution in [0.15, 0.2) is 48.5 Å². The minimum atomic E-state index is -0.525. The molecule has 2 aromatic carbocycles. The van der Waals surface area contributed by atoms with Crippen LogP contribution in [0.4, 0.5) is 0 Å². The molecule has 2 aliphatic carbocycles. The Morgan fingerprint density at radius 2 is 0.882 bits per heavy atom. The lowest BCUT2D eigenvalue weighted by molar-refractivity contribution is 0.00448. The molecule has 2 fully saturated rings. The van der Waals surface area contributed by atoms with Crippen LogP contribution in [0, 0.1) is 23.7 Å².